The highest BCUT2D eigenvalue weighted by Crippen LogP contribution is 2.14. The summed E-state index contributed by atoms with van der Waals surface area (Å²) in [6.45, 7) is 8.00. The number of aromatic nitrogens is 1. The number of nitrogens with one attached hydrogen (secondary N) is 2. The average molecular weight is 281 g/mol. The third-order valence-corrected chi connectivity index (χ3v) is 3.43. The van der Waals surface area contributed by atoms with E-state index in [9.17, 15) is 14.7 Å². The molecule has 0 aliphatic heterocycles. The summed E-state index contributed by atoms with van der Waals surface area (Å²) in [5, 5.41) is 15.3. The molecule has 1 aromatic heterocycles. The van der Waals surface area contributed by atoms with E-state index in [1.54, 1.807) is 19.2 Å². The maximum Gasteiger partial charge on any atom is 0.319 e. The highest BCUT2D eigenvalue weighted by Gasteiger charge is 2.25. The number of hydrogen-bond donors (Lipinski definition) is 3. The van der Waals surface area contributed by atoms with Gasteiger partial charge in [0.1, 0.15) is 0 Å². The number of pyridine rings is 1. The molecule has 1 aromatic rings. The normalized spacial score (nSPS) is 13.9. The molecule has 1 rings (SSSR count). The number of carbonyl (C=O) groups is 1. The maximum atomic E-state index is 11.7. The first-order valence-corrected chi connectivity index (χ1v) is 6.74. The molecule has 1 unspecified atom stereocenters. The second-order valence-electron chi connectivity index (χ2n) is 5.36. The van der Waals surface area contributed by atoms with Gasteiger partial charge in [-0.25, -0.2) is 4.79 Å². The Kier molecular flexibility index (Phi) is 5.33. The molecule has 1 atom stereocenters. The number of aryl methyl sites for hydroxylation is 1. The van der Waals surface area contributed by atoms with Crippen LogP contribution in [0.3, 0.4) is 0 Å². The number of carbonyl (C=O) groups excluding carboxylic acids is 1. The Balaban J connectivity index is 2.61. The molecule has 3 N–H and O–H groups in total. The fourth-order valence-corrected chi connectivity index (χ4v) is 1.49. The van der Waals surface area contributed by atoms with Gasteiger partial charge in [-0.15, -0.1) is 0 Å². The topological polar surface area (TPSA) is 83.4 Å². The molecule has 6 nitrogen and oxygen atoms in total. The minimum Gasteiger partial charge on any atom is -0.388 e. The third-order valence-electron chi connectivity index (χ3n) is 3.43. The molecule has 0 aromatic carbocycles. The molecule has 6 heteroatoms. The highest BCUT2D eigenvalue weighted by atomic mass is 16.3. The second kappa shape index (κ2) is 6.56. The van der Waals surface area contributed by atoms with Gasteiger partial charge in [-0.1, -0.05) is 13.8 Å². The molecule has 0 fully saturated rings. The van der Waals surface area contributed by atoms with Gasteiger partial charge in [0.05, 0.1) is 11.3 Å². The Morgan fingerprint density at radius 3 is 2.65 bits per heavy atom. The summed E-state index contributed by atoms with van der Waals surface area (Å²) in [7, 11) is 0. The number of aliphatic hydroxyl groups is 1. The summed E-state index contributed by atoms with van der Waals surface area (Å²) in [6.07, 6.45) is 1.59. The second-order valence-corrected chi connectivity index (χ2v) is 5.36. The summed E-state index contributed by atoms with van der Waals surface area (Å²) < 4.78 is 1.50. The molecule has 0 aliphatic rings. The zero-order valence-corrected chi connectivity index (χ0v) is 12.4. The summed E-state index contributed by atoms with van der Waals surface area (Å²) >= 11 is 0. The van der Waals surface area contributed by atoms with Gasteiger partial charge in [-0.05, 0) is 25.8 Å². The van der Waals surface area contributed by atoms with Crippen LogP contribution in [0.25, 0.3) is 0 Å². The van der Waals surface area contributed by atoms with Gasteiger partial charge >= 0.3 is 6.03 Å². The minimum atomic E-state index is -0.959. The first-order chi connectivity index (χ1) is 9.26. The van der Waals surface area contributed by atoms with Crippen molar-refractivity contribution in [3.8, 4) is 0 Å². The largest absolute Gasteiger partial charge is 0.388 e. The van der Waals surface area contributed by atoms with Crippen molar-refractivity contribution in [3.63, 3.8) is 0 Å². The lowest BCUT2D eigenvalue weighted by Crippen LogP contribution is -2.45. The Hall–Kier alpha value is -1.82. The van der Waals surface area contributed by atoms with Crippen LogP contribution in [0.15, 0.2) is 23.1 Å². The van der Waals surface area contributed by atoms with E-state index in [1.165, 1.54) is 10.6 Å². The van der Waals surface area contributed by atoms with Crippen LogP contribution in [-0.4, -0.2) is 27.9 Å². The third kappa shape index (κ3) is 4.38. The van der Waals surface area contributed by atoms with Gasteiger partial charge in [-0.2, -0.15) is 0 Å². The van der Waals surface area contributed by atoms with E-state index in [2.05, 4.69) is 10.6 Å². The van der Waals surface area contributed by atoms with Crippen molar-refractivity contribution >= 4 is 11.7 Å². The van der Waals surface area contributed by atoms with Crippen LogP contribution in [0, 0.1) is 5.92 Å². The van der Waals surface area contributed by atoms with Crippen molar-refractivity contribution in [3.05, 3.63) is 28.7 Å². The molecule has 0 radical (unpaired) electrons. The van der Waals surface area contributed by atoms with E-state index < -0.39 is 11.6 Å². The standard InChI is InChI=1S/C14H23N3O3/c1-5-17-8-11(6-7-12(17)18)16-13(19)15-9-14(4,20)10(2)3/h6-8,10,20H,5,9H2,1-4H3,(H2,15,16,19). The van der Waals surface area contributed by atoms with Gasteiger partial charge in [-0.3, -0.25) is 4.79 Å². The molecule has 0 saturated heterocycles. The van der Waals surface area contributed by atoms with Crippen LogP contribution in [0.2, 0.25) is 0 Å². The van der Waals surface area contributed by atoms with Gasteiger partial charge in [0, 0.05) is 25.4 Å². The predicted octanol–water partition coefficient (Wildman–Crippen LogP) is 1.40. The molecule has 1 heterocycles. The number of amides is 2. The molecular formula is C14H23N3O3. The first-order valence-electron chi connectivity index (χ1n) is 6.74. The smallest absolute Gasteiger partial charge is 0.319 e. The van der Waals surface area contributed by atoms with Crippen molar-refractivity contribution in [1.29, 1.82) is 0 Å². The lowest BCUT2D eigenvalue weighted by atomic mass is 9.93. The SMILES string of the molecule is CCn1cc(NC(=O)NCC(C)(O)C(C)C)ccc1=O. The lowest BCUT2D eigenvalue weighted by Gasteiger charge is -2.27. The number of anilines is 1. The van der Waals surface area contributed by atoms with Crippen LogP contribution in [-0.2, 0) is 6.54 Å². The van der Waals surface area contributed by atoms with E-state index in [0.29, 0.717) is 12.2 Å². The molecule has 20 heavy (non-hydrogen) atoms. The van der Waals surface area contributed by atoms with Crippen LogP contribution < -0.4 is 16.2 Å². The van der Waals surface area contributed by atoms with Gasteiger partial charge < -0.3 is 20.3 Å². The van der Waals surface area contributed by atoms with Crippen molar-refractivity contribution in [2.45, 2.75) is 39.8 Å². The van der Waals surface area contributed by atoms with Crippen molar-refractivity contribution in [1.82, 2.24) is 9.88 Å². The van der Waals surface area contributed by atoms with E-state index in [0.717, 1.165) is 0 Å². The number of nitrogens with zero attached hydrogens (tertiary/aromatic N) is 1. The Morgan fingerprint density at radius 2 is 2.10 bits per heavy atom. The Labute approximate surface area is 118 Å². The van der Waals surface area contributed by atoms with Crippen molar-refractivity contribution in [2.75, 3.05) is 11.9 Å². The molecule has 0 saturated carbocycles. The molecule has 0 spiro atoms. The number of hydrogen-bond acceptors (Lipinski definition) is 3. The van der Waals surface area contributed by atoms with Crippen LogP contribution in [0.5, 0.6) is 0 Å². The van der Waals surface area contributed by atoms with Crippen molar-refractivity contribution in [2.24, 2.45) is 5.92 Å². The Bertz CT molecular complexity index is 521. The molecule has 112 valence electrons. The van der Waals surface area contributed by atoms with Gasteiger partial charge in [0.15, 0.2) is 0 Å². The summed E-state index contributed by atoms with van der Waals surface area (Å²) in [6, 6.07) is 2.55. The predicted molar refractivity (Wildman–Crippen MR) is 78.9 cm³/mol. The fraction of sp³-hybridized carbons (Fsp3) is 0.571. The van der Waals surface area contributed by atoms with Crippen LogP contribution in [0.1, 0.15) is 27.7 Å². The van der Waals surface area contributed by atoms with Crippen LogP contribution >= 0.6 is 0 Å². The molecule has 0 bridgehead atoms. The quantitative estimate of drug-likeness (QED) is 0.762. The minimum absolute atomic E-state index is 0.0322. The zero-order chi connectivity index (χ0) is 15.3. The van der Waals surface area contributed by atoms with E-state index in [1.807, 2.05) is 20.8 Å². The monoisotopic (exact) mass is 281 g/mol. The average Bonchev–Trinajstić information content (AvgIpc) is 2.38. The highest BCUT2D eigenvalue weighted by molar-refractivity contribution is 5.89. The summed E-state index contributed by atoms with van der Waals surface area (Å²) in [4.78, 5) is 23.2. The Morgan fingerprint density at radius 1 is 1.45 bits per heavy atom. The van der Waals surface area contributed by atoms with E-state index >= 15 is 0 Å². The number of rotatable bonds is 5. The number of urea groups is 1. The molecule has 0 aliphatic carbocycles. The van der Waals surface area contributed by atoms with Crippen molar-refractivity contribution < 1.29 is 9.90 Å². The first kappa shape index (κ1) is 16.2. The maximum absolute atomic E-state index is 11.7. The zero-order valence-electron chi connectivity index (χ0n) is 12.4. The lowest BCUT2D eigenvalue weighted by molar-refractivity contribution is 0.0170. The van der Waals surface area contributed by atoms with E-state index in [4.69, 9.17) is 0 Å². The van der Waals surface area contributed by atoms with Gasteiger partial charge in [0.25, 0.3) is 5.56 Å². The summed E-state index contributed by atoms with van der Waals surface area (Å²) in [5.74, 6) is 0.0322. The molecular weight excluding hydrogens is 258 g/mol. The van der Waals surface area contributed by atoms with E-state index in [-0.39, 0.29) is 18.0 Å². The molecule has 2 amide bonds. The fourth-order valence-electron chi connectivity index (χ4n) is 1.49. The summed E-state index contributed by atoms with van der Waals surface area (Å²) in [5.41, 5.74) is -0.533. The van der Waals surface area contributed by atoms with Gasteiger partial charge in [0.2, 0.25) is 0 Å². The van der Waals surface area contributed by atoms with Crippen LogP contribution in [0.4, 0.5) is 10.5 Å².